The largest absolute Gasteiger partial charge is 0.488 e. The molecule has 0 aliphatic carbocycles. The Morgan fingerprint density at radius 2 is 1.76 bits per heavy atom. The summed E-state index contributed by atoms with van der Waals surface area (Å²) >= 11 is 0. The van der Waals surface area contributed by atoms with Crippen LogP contribution in [-0.2, 0) is 0 Å². The van der Waals surface area contributed by atoms with Crippen molar-refractivity contribution in [1.29, 1.82) is 0 Å². The molecule has 1 heterocycles. The predicted molar refractivity (Wildman–Crippen MR) is 72.9 cm³/mol. The van der Waals surface area contributed by atoms with Gasteiger partial charge in [-0.25, -0.2) is 0 Å². The van der Waals surface area contributed by atoms with Crippen LogP contribution in [0.4, 0.5) is 5.69 Å². The number of hydrogen-bond donors (Lipinski definition) is 0. The number of para-hydroxylation sites is 2. The summed E-state index contributed by atoms with van der Waals surface area (Å²) in [5.74, 6) is 1.06. The second kappa shape index (κ2) is 5.95. The zero-order valence-electron chi connectivity index (χ0n) is 11.0. The van der Waals surface area contributed by atoms with Gasteiger partial charge in [0.2, 0.25) is 0 Å². The number of hydrogen-bond acceptors (Lipinski definition) is 2. The van der Waals surface area contributed by atoms with Crippen LogP contribution in [0.5, 0.6) is 5.75 Å². The Bertz CT molecular complexity index is 341. The van der Waals surface area contributed by atoms with Crippen LogP contribution in [0.25, 0.3) is 0 Å². The molecule has 1 saturated heterocycles. The van der Waals surface area contributed by atoms with Gasteiger partial charge in [0.25, 0.3) is 0 Å². The van der Waals surface area contributed by atoms with E-state index in [-0.39, 0.29) is 0 Å². The van der Waals surface area contributed by atoms with Crippen molar-refractivity contribution in [2.45, 2.75) is 45.6 Å². The van der Waals surface area contributed by atoms with Crippen LogP contribution in [0.1, 0.15) is 39.5 Å². The fraction of sp³-hybridized carbons (Fsp3) is 0.600. The van der Waals surface area contributed by atoms with Crippen molar-refractivity contribution in [2.75, 3.05) is 18.0 Å². The maximum Gasteiger partial charge on any atom is 0.143 e. The number of anilines is 1. The molecular formula is C15H23NO. The molecule has 1 aromatic carbocycles. The molecule has 0 atom stereocenters. The minimum absolute atomic E-state index is 0.346. The molecule has 1 aliphatic rings. The lowest BCUT2D eigenvalue weighted by Gasteiger charge is -2.24. The lowest BCUT2D eigenvalue weighted by molar-refractivity contribution is 0.193. The number of rotatable bonds is 5. The third-order valence-corrected chi connectivity index (χ3v) is 3.52. The molecule has 0 spiro atoms. The van der Waals surface area contributed by atoms with Crippen molar-refractivity contribution in [3.63, 3.8) is 0 Å². The summed E-state index contributed by atoms with van der Waals surface area (Å²) in [6, 6.07) is 8.46. The van der Waals surface area contributed by atoms with E-state index in [1.807, 2.05) is 0 Å². The molecule has 17 heavy (non-hydrogen) atoms. The molecule has 2 heteroatoms. The third-order valence-electron chi connectivity index (χ3n) is 3.52. The molecule has 1 aliphatic heterocycles. The molecule has 1 fully saturated rings. The lowest BCUT2D eigenvalue weighted by atomic mass is 10.2. The van der Waals surface area contributed by atoms with Crippen LogP contribution in [0.3, 0.4) is 0 Å². The van der Waals surface area contributed by atoms with Gasteiger partial charge in [0.15, 0.2) is 0 Å². The summed E-state index contributed by atoms with van der Waals surface area (Å²) in [4.78, 5) is 2.44. The second-order valence-corrected chi connectivity index (χ2v) is 4.72. The molecule has 0 radical (unpaired) electrons. The van der Waals surface area contributed by atoms with Crippen molar-refractivity contribution in [3.05, 3.63) is 24.3 Å². The summed E-state index contributed by atoms with van der Waals surface area (Å²) in [6.07, 6.45) is 5.10. The molecule has 0 aromatic heterocycles. The highest BCUT2D eigenvalue weighted by atomic mass is 16.5. The van der Waals surface area contributed by atoms with Crippen molar-refractivity contribution >= 4 is 5.69 Å². The molecule has 94 valence electrons. The van der Waals surface area contributed by atoms with Crippen LogP contribution in [-0.4, -0.2) is 19.2 Å². The lowest BCUT2D eigenvalue weighted by Crippen LogP contribution is -2.21. The molecule has 2 nitrogen and oxygen atoms in total. The fourth-order valence-corrected chi connectivity index (χ4v) is 2.41. The SMILES string of the molecule is CCC(CC)Oc1ccccc1N1CCCC1. The minimum atomic E-state index is 0.346. The molecule has 2 rings (SSSR count). The van der Waals surface area contributed by atoms with E-state index >= 15 is 0 Å². The van der Waals surface area contributed by atoms with Gasteiger partial charge in [0, 0.05) is 13.1 Å². The first-order chi connectivity index (χ1) is 8.35. The van der Waals surface area contributed by atoms with Crippen molar-refractivity contribution in [1.82, 2.24) is 0 Å². The normalized spacial score (nSPS) is 15.6. The summed E-state index contributed by atoms with van der Waals surface area (Å²) in [5.41, 5.74) is 1.27. The highest BCUT2D eigenvalue weighted by Crippen LogP contribution is 2.31. The Balaban J connectivity index is 2.14. The van der Waals surface area contributed by atoms with Gasteiger partial charge in [0.05, 0.1) is 11.8 Å². The van der Waals surface area contributed by atoms with E-state index in [1.54, 1.807) is 0 Å². The number of ether oxygens (including phenoxy) is 1. The van der Waals surface area contributed by atoms with Crippen LogP contribution < -0.4 is 9.64 Å². The zero-order chi connectivity index (χ0) is 12.1. The third kappa shape index (κ3) is 2.93. The van der Waals surface area contributed by atoms with Gasteiger partial charge in [-0.3, -0.25) is 0 Å². The van der Waals surface area contributed by atoms with Crippen molar-refractivity contribution < 1.29 is 4.74 Å². The molecule has 0 amide bonds. The zero-order valence-corrected chi connectivity index (χ0v) is 11.0. The second-order valence-electron chi connectivity index (χ2n) is 4.72. The standard InChI is InChI=1S/C15H23NO/c1-3-13(4-2)17-15-10-6-5-9-14(15)16-11-7-8-12-16/h5-6,9-10,13H,3-4,7-8,11-12H2,1-2H3. The van der Waals surface area contributed by atoms with Gasteiger partial charge in [-0.1, -0.05) is 26.0 Å². The molecule has 0 saturated carbocycles. The van der Waals surface area contributed by atoms with Crippen LogP contribution in [0.2, 0.25) is 0 Å². The Morgan fingerprint density at radius 1 is 1.12 bits per heavy atom. The van der Waals surface area contributed by atoms with Gasteiger partial charge < -0.3 is 9.64 Å². The van der Waals surface area contributed by atoms with Crippen molar-refractivity contribution in [3.8, 4) is 5.75 Å². The molecule has 0 N–H and O–H groups in total. The molecule has 1 aromatic rings. The van der Waals surface area contributed by atoms with Crippen LogP contribution >= 0.6 is 0 Å². The monoisotopic (exact) mass is 233 g/mol. The predicted octanol–water partition coefficient (Wildman–Crippen LogP) is 3.85. The van der Waals surface area contributed by atoms with Gasteiger partial charge in [-0.15, -0.1) is 0 Å². The van der Waals surface area contributed by atoms with E-state index in [4.69, 9.17) is 4.74 Å². The topological polar surface area (TPSA) is 12.5 Å². The van der Waals surface area contributed by atoms with E-state index in [0.717, 1.165) is 18.6 Å². The Morgan fingerprint density at radius 3 is 2.41 bits per heavy atom. The Hall–Kier alpha value is -1.18. The number of nitrogens with zero attached hydrogens (tertiary/aromatic N) is 1. The summed E-state index contributed by atoms with van der Waals surface area (Å²) < 4.78 is 6.11. The smallest absolute Gasteiger partial charge is 0.143 e. The first-order valence-electron chi connectivity index (χ1n) is 6.85. The van der Waals surface area contributed by atoms with E-state index in [2.05, 4.69) is 43.0 Å². The molecular weight excluding hydrogens is 210 g/mol. The molecule has 0 unspecified atom stereocenters. The summed E-state index contributed by atoms with van der Waals surface area (Å²) in [7, 11) is 0. The quantitative estimate of drug-likeness (QED) is 0.766. The van der Waals surface area contributed by atoms with Crippen LogP contribution in [0, 0.1) is 0 Å². The highest BCUT2D eigenvalue weighted by Gasteiger charge is 2.17. The first kappa shape index (κ1) is 12.3. The minimum Gasteiger partial charge on any atom is -0.488 e. The average Bonchev–Trinajstić information content (AvgIpc) is 2.90. The van der Waals surface area contributed by atoms with E-state index in [1.165, 1.54) is 31.6 Å². The van der Waals surface area contributed by atoms with Crippen LogP contribution in [0.15, 0.2) is 24.3 Å². The maximum atomic E-state index is 6.11. The average molecular weight is 233 g/mol. The van der Waals surface area contributed by atoms with Crippen molar-refractivity contribution in [2.24, 2.45) is 0 Å². The van der Waals surface area contributed by atoms with E-state index in [0.29, 0.717) is 6.10 Å². The first-order valence-corrected chi connectivity index (χ1v) is 6.85. The summed E-state index contributed by atoms with van der Waals surface area (Å²) in [6.45, 7) is 6.71. The Kier molecular flexibility index (Phi) is 4.29. The van der Waals surface area contributed by atoms with E-state index in [9.17, 15) is 0 Å². The van der Waals surface area contributed by atoms with Gasteiger partial charge in [0.1, 0.15) is 5.75 Å². The maximum absolute atomic E-state index is 6.11. The molecule has 0 bridgehead atoms. The summed E-state index contributed by atoms with van der Waals surface area (Å²) in [5, 5.41) is 0. The van der Waals surface area contributed by atoms with Gasteiger partial charge in [-0.05, 0) is 37.8 Å². The Labute approximate surface area is 105 Å². The van der Waals surface area contributed by atoms with Gasteiger partial charge >= 0.3 is 0 Å². The van der Waals surface area contributed by atoms with Gasteiger partial charge in [-0.2, -0.15) is 0 Å². The fourth-order valence-electron chi connectivity index (χ4n) is 2.41. The number of benzene rings is 1. The highest BCUT2D eigenvalue weighted by molar-refractivity contribution is 5.58. The van der Waals surface area contributed by atoms with E-state index < -0.39 is 0 Å².